The lowest BCUT2D eigenvalue weighted by atomic mass is 9.97. The van der Waals surface area contributed by atoms with Crippen LogP contribution in [0.2, 0.25) is 0 Å². The Morgan fingerprint density at radius 1 is 1.32 bits per heavy atom. The molecule has 0 fully saturated rings. The normalized spacial score (nSPS) is 14.9. The van der Waals surface area contributed by atoms with Crippen LogP contribution in [0.1, 0.15) is 41.6 Å². The van der Waals surface area contributed by atoms with Gasteiger partial charge in [0.25, 0.3) is 5.56 Å². The van der Waals surface area contributed by atoms with Crippen LogP contribution in [0, 0.1) is 13.8 Å². The van der Waals surface area contributed by atoms with Crippen LogP contribution in [-0.4, -0.2) is 30.9 Å². The molecule has 0 aliphatic heterocycles. The lowest BCUT2D eigenvalue weighted by Gasteiger charge is -2.12. The fourth-order valence-corrected chi connectivity index (χ4v) is 5.72. The highest BCUT2D eigenvalue weighted by atomic mass is 32.2. The number of thiophene rings is 1. The van der Waals surface area contributed by atoms with Crippen molar-refractivity contribution >= 4 is 44.9 Å². The highest BCUT2D eigenvalue weighted by Gasteiger charge is 2.22. The number of rotatable bonds is 4. The highest BCUT2D eigenvalue weighted by Crippen LogP contribution is 2.34. The molecule has 2 N–H and O–H groups in total. The second-order valence-electron chi connectivity index (χ2n) is 7.18. The van der Waals surface area contributed by atoms with Crippen molar-refractivity contribution < 1.29 is 4.79 Å². The third-order valence-electron chi connectivity index (χ3n) is 5.22. The molecule has 3 aromatic heterocycles. The second kappa shape index (κ2) is 7.36. The summed E-state index contributed by atoms with van der Waals surface area (Å²) in [6.07, 6.45) is 4.28. The van der Waals surface area contributed by atoms with Crippen LogP contribution < -0.4 is 10.9 Å². The minimum absolute atomic E-state index is 0.0987. The van der Waals surface area contributed by atoms with Gasteiger partial charge in [-0.2, -0.15) is 5.10 Å². The van der Waals surface area contributed by atoms with Crippen LogP contribution in [0.25, 0.3) is 10.2 Å². The number of fused-ring (bicyclic) bond motifs is 3. The number of aromatic nitrogens is 4. The monoisotopic (exact) mass is 417 g/mol. The van der Waals surface area contributed by atoms with E-state index in [1.54, 1.807) is 16.0 Å². The largest absolute Gasteiger partial charge is 0.322 e. The molecule has 148 valence electrons. The number of carbonyl (C=O) groups is 1. The van der Waals surface area contributed by atoms with Gasteiger partial charge in [0.15, 0.2) is 5.16 Å². The zero-order valence-electron chi connectivity index (χ0n) is 16.4. The molecule has 0 spiro atoms. The van der Waals surface area contributed by atoms with Crippen LogP contribution >= 0.6 is 23.1 Å². The number of aryl methyl sites for hydroxylation is 4. The average Bonchev–Trinajstić information content (AvgIpc) is 3.13. The van der Waals surface area contributed by atoms with Gasteiger partial charge in [-0.1, -0.05) is 11.8 Å². The van der Waals surface area contributed by atoms with E-state index >= 15 is 0 Å². The Bertz CT molecular complexity index is 1130. The SMILES string of the molecule is Cc1nn(C)c(C)c1NC(=O)[C@@H](C)Sc1nc2sc3c(c2c(=O)[nH]1)CCCC3. The molecule has 0 unspecified atom stereocenters. The lowest BCUT2D eigenvalue weighted by molar-refractivity contribution is -0.115. The lowest BCUT2D eigenvalue weighted by Crippen LogP contribution is -2.24. The van der Waals surface area contributed by atoms with E-state index < -0.39 is 5.25 Å². The van der Waals surface area contributed by atoms with Gasteiger partial charge in [-0.05, 0) is 52.0 Å². The zero-order chi connectivity index (χ0) is 20.0. The van der Waals surface area contributed by atoms with E-state index in [0.717, 1.165) is 46.6 Å². The molecule has 0 aromatic carbocycles. The minimum atomic E-state index is -0.408. The second-order valence-corrected chi connectivity index (χ2v) is 9.59. The quantitative estimate of drug-likeness (QED) is 0.502. The fraction of sp³-hybridized carbons (Fsp3) is 0.474. The number of nitrogens with one attached hydrogen (secondary N) is 2. The number of anilines is 1. The van der Waals surface area contributed by atoms with E-state index in [0.29, 0.717) is 5.16 Å². The van der Waals surface area contributed by atoms with Crippen molar-refractivity contribution in [3.8, 4) is 0 Å². The van der Waals surface area contributed by atoms with Crippen LogP contribution in [0.15, 0.2) is 9.95 Å². The van der Waals surface area contributed by atoms with Gasteiger partial charge in [-0.25, -0.2) is 4.98 Å². The number of nitrogens with zero attached hydrogens (tertiary/aromatic N) is 3. The highest BCUT2D eigenvalue weighted by molar-refractivity contribution is 8.00. The summed E-state index contributed by atoms with van der Waals surface area (Å²) in [6.45, 7) is 5.59. The standard InChI is InChI=1S/C19H23N5O2S2/c1-9-15(10(2)24(4)23-9)20-16(25)11(3)27-19-21-17(26)14-12-7-5-6-8-13(12)28-18(14)22-19/h11H,5-8H2,1-4H3,(H,20,25)(H,21,22,26)/t11-/m1/s1. The van der Waals surface area contributed by atoms with Gasteiger partial charge >= 0.3 is 0 Å². The Balaban J connectivity index is 1.55. The predicted molar refractivity (Wildman–Crippen MR) is 114 cm³/mol. The van der Waals surface area contributed by atoms with E-state index in [2.05, 4.69) is 20.4 Å². The van der Waals surface area contributed by atoms with Crippen molar-refractivity contribution in [3.63, 3.8) is 0 Å². The van der Waals surface area contributed by atoms with Gasteiger partial charge in [0.2, 0.25) is 5.91 Å². The first-order valence-corrected chi connectivity index (χ1v) is 11.1. The molecule has 3 aromatic rings. The summed E-state index contributed by atoms with van der Waals surface area (Å²) in [4.78, 5) is 34.9. The maximum atomic E-state index is 12.7. The van der Waals surface area contributed by atoms with Crippen molar-refractivity contribution in [3.05, 3.63) is 32.2 Å². The molecule has 28 heavy (non-hydrogen) atoms. The van der Waals surface area contributed by atoms with Crippen LogP contribution in [0.4, 0.5) is 5.69 Å². The predicted octanol–water partition coefficient (Wildman–Crippen LogP) is 3.33. The number of amides is 1. The number of hydrogen-bond acceptors (Lipinski definition) is 6. The summed E-state index contributed by atoms with van der Waals surface area (Å²) in [6, 6.07) is 0. The third kappa shape index (κ3) is 3.37. The van der Waals surface area contributed by atoms with Crippen LogP contribution in [0.3, 0.4) is 0 Å². The Kier molecular flexibility index (Phi) is 5.05. The molecule has 1 aliphatic carbocycles. The van der Waals surface area contributed by atoms with Crippen molar-refractivity contribution in [1.82, 2.24) is 19.7 Å². The van der Waals surface area contributed by atoms with E-state index in [-0.39, 0.29) is 11.5 Å². The summed E-state index contributed by atoms with van der Waals surface area (Å²) in [7, 11) is 1.85. The number of H-pyrrole nitrogens is 1. The van der Waals surface area contributed by atoms with Crippen molar-refractivity contribution in [2.45, 2.75) is 56.9 Å². The molecule has 1 aliphatic rings. The molecule has 0 radical (unpaired) electrons. The maximum Gasteiger partial charge on any atom is 0.260 e. The summed E-state index contributed by atoms with van der Waals surface area (Å²) in [5.74, 6) is -0.141. The topological polar surface area (TPSA) is 92.7 Å². The summed E-state index contributed by atoms with van der Waals surface area (Å²) in [5, 5.41) is 8.09. The zero-order valence-corrected chi connectivity index (χ0v) is 18.0. The Morgan fingerprint density at radius 2 is 2.07 bits per heavy atom. The molecule has 0 saturated carbocycles. The minimum Gasteiger partial charge on any atom is -0.322 e. The Morgan fingerprint density at radius 3 is 2.79 bits per heavy atom. The molecule has 3 heterocycles. The first-order chi connectivity index (χ1) is 13.3. The first kappa shape index (κ1) is 19.2. The van der Waals surface area contributed by atoms with E-state index in [1.807, 2.05) is 27.8 Å². The molecular weight excluding hydrogens is 394 g/mol. The Hall–Kier alpha value is -2.13. The van der Waals surface area contributed by atoms with Crippen LogP contribution in [0.5, 0.6) is 0 Å². The molecule has 1 atom stereocenters. The van der Waals surface area contributed by atoms with Gasteiger partial charge in [0.05, 0.1) is 27.7 Å². The molecule has 1 amide bonds. The molecule has 0 bridgehead atoms. The Labute approximate surface area is 170 Å². The summed E-state index contributed by atoms with van der Waals surface area (Å²) >= 11 is 2.88. The average molecular weight is 418 g/mol. The van der Waals surface area contributed by atoms with Gasteiger partial charge < -0.3 is 10.3 Å². The molecular formula is C19H23N5O2S2. The fourth-order valence-electron chi connectivity index (χ4n) is 3.60. The number of hydrogen-bond donors (Lipinski definition) is 2. The van der Waals surface area contributed by atoms with Gasteiger partial charge in [-0.3, -0.25) is 14.3 Å². The number of thioether (sulfide) groups is 1. The molecule has 4 rings (SSSR count). The number of carbonyl (C=O) groups excluding carboxylic acids is 1. The van der Waals surface area contributed by atoms with E-state index in [9.17, 15) is 9.59 Å². The van der Waals surface area contributed by atoms with Gasteiger partial charge in [-0.15, -0.1) is 11.3 Å². The summed E-state index contributed by atoms with van der Waals surface area (Å²) in [5.41, 5.74) is 3.49. The molecule has 0 saturated heterocycles. The third-order valence-corrected chi connectivity index (χ3v) is 7.39. The smallest absolute Gasteiger partial charge is 0.260 e. The maximum absolute atomic E-state index is 12.7. The molecule has 7 nitrogen and oxygen atoms in total. The summed E-state index contributed by atoms with van der Waals surface area (Å²) < 4.78 is 1.74. The number of aromatic amines is 1. The first-order valence-electron chi connectivity index (χ1n) is 9.37. The van der Waals surface area contributed by atoms with Crippen molar-refractivity contribution in [2.75, 3.05) is 5.32 Å². The van der Waals surface area contributed by atoms with Gasteiger partial charge in [0, 0.05) is 11.9 Å². The van der Waals surface area contributed by atoms with Gasteiger partial charge in [0.1, 0.15) is 4.83 Å². The van der Waals surface area contributed by atoms with Crippen LogP contribution in [-0.2, 0) is 24.7 Å². The molecule has 9 heteroatoms. The van der Waals surface area contributed by atoms with E-state index in [4.69, 9.17) is 0 Å². The van der Waals surface area contributed by atoms with Crippen molar-refractivity contribution in [2.24, 2.45) is 7.05 Å². The van der Waals surface area contributed by atoms with E-state index in [1.165, 1.54) is 28.6 Å². The van der Waals surface area contributed by atoms with Crippen molar-refractivity contribution in [1.29, 1.82) is 0 Å².